The normalized spacial score (nSPS) is 23.2. The van der Waals surface area contributed by atoms with E-state index in [-0.39, 0.29) is 12.5 Å². The van der Waals surface area contributed by atoms with Crippen LogP contribution in [-0.2, 0) is 23.7 Å². The first kappa shape index (κ1) is 85.0. The quantitative estimate of drug-likeness (QED) is 0.0204. The molecule has 14 nitrogen and oxygen atoms in total. The molecule has 14 heteroatoms. The Morgan fingerprint density at radius 3 is 1.15 bits per heavy atom. The van der Waals surface area contributed by atoms with E-state index in [0.717, 1.165) is 103 Å². The van der Waals surface area contributed by atoms with Crippen molar-refractivity contribution in [3.63, 3.8) is 0 Å². The fraction of sp³-hybridized carbons (Fsp3) is 0.782. The molecular weight excluding hydrogens is 1160 g/mol. The molecule has 12 unspecified atom stereocenters. The topological polar surface area (TPSA) is 228 Å². The molecule has 0 aromatic heterocycles. The van der Waals surface area contributed by atoms with Crippen LogP contribution in [-0.4, -0.2) is 140 Å². The van der Waals surface area contributed by atoms with Gasteiger partial charge in [0, 0.05) is 6.42 Å². The molecule has 2 saturated heterocycles. The second-order valence-corrected chi connectivity index (χ2v) is 26.0. The number of unbranched alkanes of at least 4 members (excludes halogenated alkanes) is 32. The van der Waals surface area contributed by atoms with Crippen molar-refractivity contribution in [1.29, 1.82) is 0 Å². The maximum Gasteiger partial charge on any atom is 0.220 e. The van der Waals surface area contributed by atoms with Crippen LogP contribution in [0.25, 0.3) is 0 Å². The molecule has 92 heavy (non-hydrogen) atoms. The van der Waals surface area contributed by atoms with Crippen LogP contribution >= 0.6 is 0 Å². The highest BCUT2D eigenvalue weighted by molar-refractivity contribution is 5.76. The van der Waals surface area contributed by atoms with Crippen molar-refractivity contribution < 1.29 is 64.6 Å². The van der Waals surface area contributed by atoms with Crippen LogP contribution in [0.5, 0.6) is 0 Å². The Morgan fingerprint density at radius 2 is 0.750 bits per heavy atom. The van der Waals surface area contributed by atoms with E-state index in [1.165, 1.54) is 167 Å². The summed E-state index contributed by atoms with van der Waals surface area (Å²) < 4.78 is 22.9. The van der Waals surface area contributed by atoms with E-state index in [9.17, 15) is 45.6 Å². The Kier molecular flexibility index (Phi) is 56.8. The summed E-state index contributed by atoms with van der Waals surface area (Å²) in [5.41, 5.74) is 0. The molecule has 2 fully saturated rings. The van der Waals surface area contributed by atoms with Crippen molar-refractivity contribution in [2.45, 2.75) is 370 Å². The minimum Gasteiger partial charge on any atom is -0.394 e. The van der Waals surface area contributed by atoms with Crippen LogP contribution in [0, 0.1) is 0 Å². The van der Waals surface area contributed by atoms with E-state index in [1.54, 1.807) is 0 Å². The lowest BCUT2D eigenvalue weighted by Crippen LogP contribution is -2.65. The zero-order chi connectivity index (χ0) is 66.6. The van der Waals surface area contributed by atoms with Crippen molar-refractivity contribution in [3.8, 4) is 0 Å². The lowest BCUT2D eigenvalue weighted by atomic mass is 9.97. The van der Waals surface area contributed by atoms with Gasteiger partial charge < -0.3 is 65.1 Å². The van der Waals surface area contributed by atoms with E-state index in [0.29, 0.717) is 12.8 Å². The molecule has 0 saturated carbocycles. The summed E-state index contributed by atoms with van der Waals surface area (Å²) in [6.45, 7) is 2.77. The number of hydrogen-bond donors (Lipinski definition) is 9. The molecule has 2 aliphatic heterocycles. The number of carbonyl (C=O) groups excluding carboxylic acids is 1. The maximum atomic E-state index is 13.4. The van der Waals surface area contributed by atoms with Crippen LogP contribution in [0.4, 0.5) is 0 Å². The Balaban J connectivity index is 1.60. The molecule has 9 N–H and O–H groups in total. The van der Waals surface area contributed by atoms with Gasteiger partial charge in [0.1, 0.15) is 48.8 Å². The van der Waals surface area contributed by atoms with E-state index >= 15 is 0 Å². The summed E-state index contributed by atoms with van der Waals surface area (Å²) in [6, 6.07) is -0.834. The number of allylic oxidation sites excluding steroid dienone is 16. The molecule has 0 bridgehead atoms. The van der Waals surface area contributed by atoms with Crippen LogP contribution < -0.4 is 5.32 Å². The van der Waals surface area contributed by atoms with Crippen molar-refractivity contribution in [3.05, 3.63) is 97.2 Å². The predicted octanol–water partition coefficient (Wildman–Crippen LogP) is 16.1. The smallest absolute Gasteiger partial charge is 0.220 e. The Bertz CT molecular complexity index is 1920. The van der Waals surface area contributed by atoms with Gasteiger partial charge >= 0.3 is 0 Å². The average molecular weight is 1300 g/mol. The summed E-state index contributed by atoms with van der Waals surface area (Å²) >= 11 is 0. The highest BCUT2D eigenvalue weighted by Gasteiger charge is 2.51. The molecule has 1 amide bonds. The minimum absolute atomic E-state index is 0.207. The summed E-state index contributed by atoms with van der Waals surface area (Å²) in [5.74, 6) is -0.207. The number of amides is 1. The third kappa shape index (κ3) is 44.6. The first-order valence-electron chi connectivity index (χ1n) is 37.5. The van der Waals surface area contributed by atoms with E-state index in [2.05, 4.69) is 116 Å². The van der Waals surface area contributed by atoms with Gasteiger partial charge in [-0.3, -0.25) is 4.79 Å². The fourth-order valence-electron chi connectivity index (χ4n) is 11.9. The second kappa shape index (κ2) is 61.5. The lowest BCUT2D eigenvalue weighted by molar-refractivity contribution is -0.359. The number of nitrogens with one attached hydrogen (secondary N) is 1. The molecule has 0 aromatic rings. The Morgan fingerprint density at radius 1 is 0.402 bits per heavy atom. The molecule has 0 radical (unpaired) electrons. The zero-order valence-corrected chi connectivity index (χ0v) is 58.0. The molecule has 0 spiro atoms. The highest BCUT2D eigenvalue weighted by atomic mass is 16.7. The summed E-state index contributed by atoms with van der Waals surface area (Å²) in [7, 11) is 0. The van der Waals surface area contributed by atoms with Crippen molar-refractivity contribution >= 4 is 5.91 Å². The first-order valence-corrected chi connectivity index (χ1v) is 37.5. The van der Waals surface area contributed by atoms with Gasteiger partial charge in [0.2, 0.25) is 5.91 Å². The number of aliphatic hydroxyl groups is 8. The number of carbonyl (C=O) groups is 1. The summed E-state index contributed by atoms with van der Waals surface area (Å²) in [6.07, 6.45) is 70.0. The molecule has 12 atom stereocenters. The van der Waals surface area contributed by atoms with Gasteiger partial charge in [0.25, 0.3) is 0 Å². The van der Waals surface area contributed by atoms with E-state index in [1.807, 2.05) is 0 Å². The largest absolute Gasteiger partial charge is 0.394 e. The lowest BCUT2D eigenvalue weighted by Gasteiger charge is -2.46. The zero-order valence-electron chi connectivity index (χ0n) is 58.0. The number of ether oxygens (including phenoxy) is 4. The fourth-order valence-corrected chi connectivity index (χ4v) is 11.9. The molecule has 2 heterocycles. The average Bonchev–Trinajstić information content (AvgIpc) is 1.05. The number of hydrogen-bond acceptors (Lipinski definition) is 13. The molecule has 0 aliphatic carbocycles. The third-order valence-electron chi connectivity index (χ3n) is 17.8. The monoisotopic (exact) mass is 1300 g/mol. The van der Waals surface area contributed by atoms with Gasteiger partial charge in [0.05, 0.1) is 32.0 Å². The maximum absolute atomic E-state index is 13.4. The van der Waals surface area contributed by atoms with Gasteiger partial charge in [-0.25, -0.2) is 0 Å². The van der Waals surface area contributed by atoms with Gasteiger partial charge in [-0.2, -0.15) is 0 Å². The molecule has 0 aromatic carbocycles. The molecule has 2 aliphatic rings. The predicted molar refractivity (Wildman–Crippen MR) is 378 cm³/mol. The van der Waals surface area contributed by atoms with Crippen LogP contribution in [0.2, 0.25) is 0 Å². The highest BCUT2D eigenvalue weighted by Crippen LogP contribution is 2.30. The van der Waals surface area contributed by atoms with Gasteiger partial charge in [-0.05, 0) is 77.0 Å². The minimum atomic E-state index is -1.79. The second-order valence-electron chi connectivity index (χ2n) is 26.0. The third-order valence-corrected chi connectivity index (χ3v) is 17.8. The van der Waals surface area contributed by atoms with Gasteiger partial charge in [-0.15, -0.1) is 0 Å². The summed E-state index contributed by atoms with van der Waals surface area (Å²) in [4.78, 5) is 13.4. The molecular formula is C78H137NO13. The first-order chi connectivity index (χ1) is 45.1. The summed E-state index contributed by atoms with van der Waals surface area (Å²) in [5, 5.41) is 87.7. The molecule has 532 valence electrons. The molecule has 2 rings (SSSR count). The SMILES string of the molecule is CC/C=C\C/C=C\C/C=C\C/C=C\C/C=C\C/C=C\C/C=C\C/C=C\CCCCCCCCCCCCCCCCC(=O)NC(COC1OC(CO)C(OC2OC(CO)C(O)C(O)C2O)C(O)C1O)C(O)CCCCCCCCCCCCCCCCCCCCC. The van der Waals surface area contributed by atoms with E-state index < -0.39 is 86.8 Å². The van der Waals surface area contributed by atoms with E-state index in [4.69, 9.17) is 18.9 Å². The van der Waals surface area contributed by atoms with Gasteiger partial charge in [0.15, 0.2) is 12.6 Å². The van der Waals surface area contributed by atoms with Gasteiger partial charge in [-0.1, -0.05) is 310 Å². The Labute approximate surface area is 560 Å². The number of aliphatic hydroxyl groups excluding tert-OH is 8. The standard InChI is InChI=1S/C78H137NO13/c1-3-5-7-9-11-13-15-17-19-21-23-24-25-26-27-28-29-30-31-32-33-34-35-36-37-38-39-40-41-42-44-46-48-50-52-54-56-58-60-62-70(83)79-66(67(82)61-59-57-55-53-51-49-47-45-43-22-20-18-16-14-12-10-8-6-4-2)65-89-77-75(88)73(86)76(69(64-81)91-77)92-78-74(87)72(85)71(84)68(63-80)90-78/h5,7,11,13,17,19,23-24,26-27,29-30,32-33,35-36,66-69,71-78,80-82,84-88H,3-4,6,8-10,12,14-16,18,20-22,25,28,31,34,37-65H2,1-2H3,(H,79,83)/b7-5-,13-11-,19-17-,24-23-,27-26-,30-29-,33-32-,36-35-. The van der Waals surface area contributed by atoms with Crippen LogP contribution in [0.15, 0.2) is 97.2 Å². The van der Waals surface area contributed by atoms with Crippen molar-refractivity contribution in [2.24, 2.45) is 0 Å². The van der Waals surface area contributed by atoms with Crippen LogP contribution in [0.1, 0.15) is 296 Å². The van der Waals surface area contributed by atoms with Crippen molar-refractivity contribution in [1.82, 2.24) is 5.32 Å². The number of rotatable bonds is 61. The van der Waals surface area contributed by atoms with Crippen LogP contribution in [0.3, 0.4) is 0 Å². The Hall–Kier alpha value is -3.09. The van der Waals surface area contributed by atoms with Crippen molar-refractivity contribution in [2.75, 3.05) is 19.8 Å².